The molecule has 1 N–H and O–H groups in total. The molecule has 1 aromatic rings. The van der Waals surface area contributed by atoms with Gasteiger partial charge in [-0.2, -0.15) is 0 Å². The first-order chi connectivity index (χ1) is 10.1. The molecule has 2 unspecified atom stereocenters. The Morgan fingerprint density at radius 2 is 2.19 bits per heavy atom. The van der Waals surface area contributed by atoms with Crippen molar-refractivity contribution in [2.45, 2.75) is 58.7 Å². The van der Waals surface area contributed by atoms with Crippen LogP contribution >= 0.6 is 11.6 Å². The molecule has 118 valence electrons. The zero-order valence-electron chi connectivity index (χ0n) is 13.6. The van der Waals surface area contributed by atoms with Crippen LogP contribution in [-0.2, 0) is 6.54 Å². The molecule has 0 bridgehead atoms. The average molecular weight is 309 g/mol. The van der Waals surface area contributed by atoms with Gasteiger partial charge in [-0.05, 0) is 36.5 Å². The molecule has 0 radical (unpaired) electrons. The Morgan fingerprint density at radius 1 is 1.38 bits per heavy atom. The lowest BCUT2D eigenvalue weighted by molar-refractivity contribution is 0.108. The summed E-state index contributed by atoms with van der Waals surface area (Å²) in [6, 6.07) is 9.57. The largest absolute Gasteiger partial charge is 0.311 e. The first-order valence-electron chi connectivity index (χ1n) is 8.30. The summed E-state index contributed by atoms with van der Waals surface area (Å²) in [7, 11) is 0. The summed E-state index contributed by atoms with van der Waals surface area (Å²) in [6.45, 7) is 10.2. The molecule has 0 amide bonds. The van der Waals surface area contributed by atoms with Gasteiger partial charge in [-0.1, -0.05) is 50.9 Å². The van der Waals surface area contributed by atoms with Gasteiger partial charge in [0.1, 0.15) is 0 Å². The van der Waals surface area contributed by atoms with Crippen LogP contribution in [0.15, 0.2) is 24.3 Å². The Kier molecular flexibility index (Phi) is 6.53. The number of piperazine rings is 1. The van der Waals surface area contributed by atoms with Crippen LogP contribution in [0.5, 0.6) is 0 Å². The van der Waals surface area contributed by atoms with Crippen molar-refractivity contribution in [1.29, 1.82) is 0 Å². The monoisotopic (exact) mass is 308 g/mol. The van der Waals surface area contributed by atoms with Gasteiger partial charge in [-0.15, -0.1) is 0 Å². The molecular formula is C18H29ClN2. The van der Waals surface area contributed by atoms with E-state index >= 15 is 0 Å². The third-order valence-electron chi connectivity index (χ3n) is 4.27. The molecule has 1 aliphatic rings. The van der Waals surface area contributed by atoms with Crippen molar-refractivity contribution in [3.63, 3.8) is 0 Å². The minimum atomic E-state index is 0.622. The summed E-state index contributed by atoms with van der Waals surface area (Å²) in [5, 5.41) is 4.59. The Labute approximate surface area is 134 Å². The van der Waals surface area contributed by atoms with Gasteiger partial charge in [0.2, 0.25) is 0 Å². The highest BCUT2D eigenvalue weighted by molar-refractivity contribution is 6.30. The fourth-order valence-electron chi connectivity index (χ4n) is 3.34. The lowest BCUT2D eigenvalue weighted by Crippen LogP contribution is -2.56. The Hall–Kier alpha value is -0.570. The molecule has 2 atom stereocenters. The average Bonchev–Trinajstić information content (AvgIpc) is 2.41. The van der Waals surface area contributed by atoms with E-state index in [9.17, 15) is 0 Å². The van der Waals surface area contributed by atoms with Crippen molar-refractivity contribution in [3.05, 3.63) is 34.9 Å². The molecule has 0 aromatic heterocycles. The number of hydrogen-bond donors (Lipinski definition) is 1. The fraction of sp³-hybridized carbons (Fsp3) is 0.667. The zero-order chi connectivity index (χ0) is 15.2. The number of halogens is 1. The van der Waals surface area contributed by atoms with E-state index in [0.29, 0.717) is 12.1 Å². The lowest BCUT2D eigenvalue weighted by Gasteiger charge is -2.41. The lowest BCUT2D eigenvalue weighted by atomic mass is 9.97. The van der Waals surface area contributed by atoms with Crippen molar-refractivity contribution in [1.82, 2.24) is 10.2 Å². The van der Waals surface area contributed by atoms with Gasteiger partial charge in [0, 0.05) is 36.7 Å². The van der Waals surface area contributed by atoms with Gasteiger partial charge in [-0.3, -0.25) is 4.90 Å². The number of nitrogens with one attached hydrogen (secondary N) is 1. The van der Waals surface area contributed by atoms with Crippen LogP contribution in [0.1, 0.15) is 45.6 Å². The van der Waals surface area contributed by atoms with Crippen LogP contribution in [0.3, 0.4) is 0 Å². The Bertz CT molecular complexity index is 433. The van der Waals surface area contributed by atoms with Crippen LogP contribution in [0.2, 0.25) is 5.02 Å². The predicted octanol–water partition coefficient (Wildman–Crippen LogP) is 4.33. The molecule has 1 saturated heterocycles. The molecule has 1 aromatic carbocycles. The normalized spacial score (nSPS) is 23.7. The van der Waals surface area contributed by atoms with Gasteiger partial charge in [0.15, 0.2) is 0 Å². The van der Waals surface area contributed by atoms with Crippen molar-refractivity contribution in [2.75, 3.05) is 13.1 Å². The first kappa shape index (κ1) is 16.8. The second-order valence-electron chi connectivity index (χ2n) is 6.74. The number of hydrogen-bond acceptors (Lipinski definition) is 2. The maximum atomic E-state index is 6.13. The summed E-state index contributed by atoms with van der Waals surface area (Å²) in [6.07, 6.45) is 3.76. The summed E-state index contributed by atoms with van der Waals surface area (Å²) in [5.41, 5.74) is 1.33. The van der Waals surface area contributed by atoms with Crippen LogP contribution < -0.4 is 5.32 Å². The molecule has 21 heavy (non-hydrogen) atoms. The first-order valence-corrected chi connectivity index (χ1v) is 8.68. The summed E-state index contributed by atoms with van der Waals surface area (Å²) in [4.78, 5) is 2.65. The molecule has 0 spiro atoms. The van der Waals surface area contributed by atoms with Gasteiger partial charge >= 0.3 is 0 Å². The molecule has 1 fully saturated rings. The topological polar surface area (TPSA) is 15.3 Å². The minimum Gasteiger partial charge on any atom is -0.311 e. The van der Waals surface area contributed by atoms with E-state index in [1.54, 1.807) is 0 Å². The summed E-state index contributed by atoms with van der Waals surface area (Å²) < 4.78 is 0. The van der Waals surface area contributed by atoms with E-state index in [-0.39, 0.29) is 0 Å². The van der Waals surface area contributed by atoms with Gasteiger partial charge < -0.3 is 5.32 Å². The number of rotatable bonds is 6. The van der Waals surface area contributed by atoms with E-state index in [1.165, 1.54) is 24.8 Å². The maximum absolute atomic E-state index is 6.13. The summed E-state index contributed by atoms with van der Waals surface area (Å²) in [5.74, 6) is 0.748. The third-order valence-corrected chi connectivity index (χ3v) is 4.50. The standard InChI is InChI=1S/C18H29ClN2/c1-4-6-18-11-20-17(9-14(2)3)13-21(18)12-15-7-5-8-16(19)10-15/h5,7-8,10,14,17-18,20H,4,6,9,11-13H2,1-3H3. The van der Waals surface area contributed by atoms with E-state index in [1.807, 2.05) is 6.07 Å². The smallest absolute Gasteiger partial charge is 0.0409 e. The van der Waals surface area contributed by atoms with Crippen LogP contribution in [0.4, 0.5) is 0 Å². The predicted molar refractivity (Wildman–Crippen MR) is 91.8 cm³/mol. The van der Waals surface area contributed by atoms with Gasteiger partial charge in [-0.25, -0.2) is 0 Å². The molecule has 1 heterocycles. The van der Waals surface area contributed by atoms with E-state index < -0.39 is 0 Å². The van der Waals surface area contributed by atoms with E-state index in [2.05, 4.69) is 49.2 Å². The molecule has 1 aliphatic heterocycles. The van der Waals surface area contributed by atoms with Crippen LogP contribution in [0.25, 0.3) is 0 Å². The molecule has 0 aliphatic carbocycles. The fourth-order valence-corrected chi connectivity index (χ4v) is 3.55. The van der Waals surface area contributed by atoms with Gasteiger partial charge in [0.05, 0.1) is 0 Å². The third kappa shape index (κ3) is 5.28. The molecule has 2 rings (SSSR count). The molecule has 2 nitrogen and oxygen atoms in total. The maximum Gasteiger partial charge on any atom is 0.0409 e. The molecular weight excluding hydrogens is 280 g/mol. The number of nitrogens with zero attached hydrogens (tertiary/aromatic N) is 1. The Morgan fingerprint density at radius 3 is 2.86 bits per heavy atom. The van der Waals surface area contributed by atoms with Crippen molar-refractivity contribution in [3.8, 4) is 0 Å². The SMILES string of the molecule is CCCC1CNC(CC(C)C)CN1Cc1cccc(Cl)c1. The highest BCUT2D eigenvalue weighted by Gasteiger charge is 2.27. The van der Waals surface area contributed by atoms with Crippen molar-refractivity contribution in [2.24, 2.45) is 5.92 Å². The number of benzene rings is 1. The van der Waals surface area contributed by atoms with E-state index in [0.717, 1.165) is 30.6 Å². The quantitative estimate of drug-likeness (QED) is 0.841. The summed E-state index contributed by atoms with van der Waals surface area (Å²) >= 11 is 6.13. The zero-order valence-corrected chi connectivity index (χ0v) is 14.4. The highest BCUT2D eigenvalue weighted by atomic mass is 35.5. The van der Waals surface area contributed by atoms with Crippen molar-refractivity contribution >= 4 is 11.6 Å². The highest BCUT2D eigenvalue weighted by Crippen LogP contribution is 2.20. The molecule has 0 saturated carbocycles. The van der Waals surface area contributed by atoms with Crippen LogP contribution in [0, 0.1) is 5.92 Å². The second kappa shape index (κ2) is 8.17. The molecule has 3 heteroatoms. The Balaban J connectivity index is 2.02. The van der Waals surface area contributed by atoms with Crippen molar-refractivity contribution < 1.29 is 0 Å². The van der Waals surface area contributed by atoms with Gasteiger partial charge in [0.25, 0.3) is 0 Å². The van der Waals surface area contributed by atoms with E-state index in [4.69, 9.17) is 11.6 Å². The minimum absolute atomic E-state index is 0.622. The second-order valence-corrected chi connectivity index (χ2v) is 7.17. The van der Waals surface area contributed by atoms with Crippen LogP contribution in [-0.4, -0.2) is 30.1 Å².